The molecule has 2 aliphatic rings. The second kappa shape index (κ2) is 6.57. The molecular weight excluding hydrogens is 288 g/mol. The minimum atomic E-state index is 0.325. The second-order valence-electron chi connectivity index (χ2n) is 7.09. The summed E-state index contributed by atoms with van der Waals surface area (Å²) in [5, 5.41) is 0. The molecule has 5 heteroatoms. The van der Waals surface area contributed by atoms with Crippen molar-refractivity contribution in [2.24, 2.45) is 5.92 Å². The summed E-state index contributed by atoms with van der Waals surface area (Å²) in [5.74, 6) is 1.85. The van der Waals surface area contributed by atoms with E-state index in [1.165, 1.54) is 32.4 Å². The van der Waals surface area contributed by atoms with Crippen molar-refractivity contribution in [3.63, 3.8) is 0 Å². The molecule has 2 atom stereocenters. The monoisotopic (exact) mass is 314 g/mol. The van der Waals surface area contributed by atoms with Crippen LogP contribution in [0.3, 0.4) is 0 Å². The van der Waals surface area contributed by atoms with E-state index in [9.17, 15) is 0 Å². The highest BCUT2D eigenvalue weighted by molar-refractivity contribution is 5.71. The van der Waals surface area contributed by atoms with Crippen molar-refractivity contribution in [1.82, 2.24) is 19.4 Å². The normalized spacial score (nSPS) is 26.1. The Kier molecular flexibility index (Phi) is 4.31. The van der Waals surface area contributed by atoms with E-state index in [4.69, 9.17) is 9.72 Å². The first kappa shape index (κ1) is 15.1. The van der Waals surface area contributed by atoms with Crippen LogP contribution in [0, 0.1) is 5.92 Å². The van der Waals surface area contributed by atoms with Gasteiger partial charge in [-0.05, 0) is 57.3 Å². The Bertz CT molecular complexity index is 662. The van der Waals surface area contributed by atoms with Crippen molar-refractivity contribution in [3.8, 4) is 0 Å². The lowest BCUT2D eigenvalue weighted by molar-refractivity contribution is 0.0151. The minimum Gasteiger partial charge on any atom is -0.378 e. The van der Waals surface area contributed by atoms with E-state index in [0.717, 1.165) is 43.0 Å². The largest absolute Gasteiger partial charge is 0.378 e. The molecule has 0 amide bonds. The molecule has 5 nitrogen and oxygen atoms in total. The van der Waals surface area contributed by atoms with E-state index in [2.05, 4.69) is 27.6 Å². The number of likely N-dealkylation sites (tertiary alicyclic amines) is 1. The quantitative estimate of drug-likeness (QED) is 0.869. The molecule has 0 saturated carbocycles. The summed E-state index contributed by atoms with van der Waals surface area (Å²) in [6, 6.07) is 4.05. The topological polar surface area (TPSA) is 43.2 Å². The lowest BCUT2D eigenvalue weighted by Crippen LogP contribution is -2.24. The van der Waals surface area contributed by atoms with Gasteiger partial charge in [-0.25, -0.2) is 9.97 Å². The fraction of sp³-hybridized carbons (Fsp3) is 0.667. The van der Waals surface area contributed by atoms with Crippen LogP contribution in [-0.2, 0) is 17.7 Å². The van der Waals surface area contributed by atoms with Gasteiger partial charge in [-0.2, -0.15) is 0 Å². The van der Waals surface area contributed by atoms with Gasteiger partial charge in [0.25, 0.3) is 0 Å². The van der Waals surface area contributed by atoms with Crippen LogP contribution in [0.25, 0.3) is 11.2 Å². The number of hydrogen-bond donors (Lipinski definition) is 0. The molecule has 0 N–H and O–H groups in total. The summed E-state index contributed by atoms with van der Waals surface area (Å²) in [7, 11) is 2.21. The summed E-state index contributed by atoms with van der Waals surface area (Å²) in [6.45, 7) is 4.30. The van der Waals surface area contributed by atoms with Crippen LogP contribution in [-0.4, -0.2) is 52.3 Å². The van der Waals surface area contributed by atoms with Gasteiger partial charge in [-0.3, -0.25) is 0 Å². The lowest BCUT2D eigenvalue weighted by atomic mass is 10.1. The number of rotatable bonds is 4. The standard InChI is InChI=1S/C18H26N4O/c1-21-9-7-14(12-21)13-22-17(11-15-5-2-3-10-23-15)20-16-6-4-8-19-18(16)22/h4,6,8,14-15H,2-3,5,7,9-13H2,1H3. The molecule has 4 rings (SSSR count). The van der Waals surface area contributed by atoms with Crippen molar-refractivity contribution < 1.29 is 4.74 Å². The van der Waals surface area contributed by atoms with Crippen LogP contribution in [0.1, 0.15) is 31.5 Å². The number of nitrogens with zero attached hydrogens (tertiary/aromatic N) is 4. The van der Waals surface area contributed by atoms with E-state index in [1.807, 2.05) is 12.3 Å². The fourth-order valence-electron chi connectivity index (χ4n) is 3.96. The average Bonchev–Trinajstić information content (AvgIpc) is 3.13. The fourth-order valence-corrected chi connectivity index (χ4v) is 3.96. The van der Waals surface area contributed by atoms with Crippen LogP contribution < -0.4 is 0 Å². The predicted molar refractivity (Wildman–Crippen MR) is 90.4 cm³/mol. The molecular formula is C18H26N4O. The highest BCUT2D eigenvalue weighted by Crippen LogP contribution is 2.24. The van der Waals surface area contributed by atoms with Gasteiger partial charge in [0.05, 0.1) is 6.10 Å². The number of imidazole rings is 1. The van der Waals surface area contributed by atoms with Gasteiger partial charge in [0.1, 0.15) is 11.3 Å². The predicted octanol–water partition coefficient (Wildman–Crippen LogP) is 2.49. The molecule has 0 bridgehead atoms. The molecule has 0 radical (unpaired) electrons. The first-order valence-corrected chi connectivity index (χ1v) is 8.90. The van der Waals surface area contributed by atoms with Gasteiger partial charge >= 0.3 is 0 Å². The number of fused-ring (bicyclic) bond motifs is 1. The minimum absolute atomic E-state index is 0.325. The van der Waals surface area contributed by atoms with Crippen LogP contribution in [0.4, 0.5) is 0 Å². The summed E-state index contributed by atoms with van der Waals surface area (Å²) >= 11 is 0. The Labute approximate surface area is 137 Å². The molecule has 2 aliphatic heterocycles. The van der Waals surface area contributed by atoms with Crippen LogP contribution >= 0.6 is 0 Å². The Morgan fingerprint density at radius 3 is 3.04 bits per heavy atom. The van der Waals surface area contributed by atoms with E-state index in [1.54, 1.807) is 0 Å². The van der Waals surface area contributed by atoms with E-state index in [0.29, 0.717) is 12.0 Å². The first-order valence-electron chi connectivity index (χ1n) is 8.90. The Morgan fingerprint density at radius 2 is 2.26 bits per heavy atom. The van der Waals surface area contributed by atoms with Gasteiger partial charge in [0.2, 0.25) is 0 Å². The SMILES string of the molecule is CN1CCC(Cn2c(CC3CCCCO3)nc3cccnc32)C1. The number of pyridine rings is 1. The molecule has 0 aliphatic carbocycles. The zero-order valence-corrected chi connectivity index (χ0v) is 13.9. The molecule has 2 unspecified atom stereocenters. The summed E-state index contributed by atoms with van der Waals surface area (Å²) in [4.78, 5) is 11.9. The van der Waals surface area contributed by atoms with Crippen molar-refractivity contribution in [2.45, 2.75) is 44.8 Å². The van der Waals surface area contributed by atoms with E-state index < -0.39 is 0 Å². The average molecular weight is 314 g/mol. The van der Waals surface area contributed by atoms with Crippen LogP contribution in [0.5, 0.6) is 0 Å². The summed E-state index contributed by atoms with van der Waals surface area (Å²) in [6.07, 6.45) is 8.01. The molecule has 2 fully saturated rings. The zero-order valence-electron chi connectivity index (χ0n) is 13.9. The molecule has 0 spiro atoms. The maximum atomic E-state index is 5.94. The lowest BCUT2D eigenvalue weighted by Gasteiger charge is -2.23. The van der Waals surface area contributed by atoms with Crippen LogP contribution in [0.2, 0.25) is 0 Å². The molecule has 23 heavy (non-hydrogen) atoms. The molecule has 2 aromatic heterocycles. The number of aromatic nitrogens is 3. The third-order valence-electron chi connectivity index (χ3n) is 5.20. The van der Waals surface area contributed by atoms with Gasteiger partial charge in [-0.15, -0.1) is 0 Å². The van der Waals surface area contributed by atoms with Crippen LogP contribution in [0.15, 0.2) is 18.3 Å². The first-order chi connectivity index (χ1) is 11.3. The Hall–Kier alpha value is -1.46. The third kappa shape index (κ3) is 3.26. The molecule has 124 valence electrons. The van der Waals surface area contributed by atoms with Gasteiger partial charge in [0, 0.05) is 32.3 Å². The zero-order chi connectivity index (χ0) is 15.6. The Morgan fingerprint density at radius 1 is 1.30 bits per heavy atom. The van der Waals surface area contributed by atoms with E-state index in [-0.39, 0.29) is 0 Å². The Balaban J connectivity index is 1.61. The third-order valence-corrected chi connectivity index (χ3v) is 5.20. The van der Waals surface area contributed by atoms with Gasteiger partial charge in [-0.1, -0.05) is 0 Å². The highest BCUT2D eigenvalue weighted by Gasteiger charge is 2.24. The number of ether oxygens (including phenoxy) is 1. The van der Waals surface area contributed by atoms with Gasteiger partial charge in [0.15, 0.2) is 5.65 Å². The molecule has 2 saturated heterocycles. The smallest absolute Gasteiger partial charge is 0.159 e. The van der Waals surface area contributed by atoms with Crippen molar-refractivity contribution in [3.05, 3.63) is 24.2 Å². The summed E-state index contributed by atoms with van der Waals surface area (Å²) < 4.78 is 8.30. The van der Waals surface area contributed by atoms with Crippen molar-refractivity contribution in [2.75, 3.05) is 26.7 Å². The number of hydrogen-bond acceptors (Lipinski definition) is 4. The van der Waals surface area contributed by atoms with Crippen molar-refractivity contribution >= 4 is 11.2 Å². The highest BCUT2D eigenvalue weighted by atomic mass is 16.5. The molecule has 2 aromatic rings. The molecule has 0 aromatic carbocycles. The maximum Gasteiger partial charge on any atom is 0.159 e. The molecule has 4 heterocycles. The van der Waals surface area contributed by atoms with E-state index >= 15 is 0 Å². The van der Waals surface area contributed by atoms with Gasteiger partial charge < -0.3 is 14.2 Å². The van der Waals surface area contributed by atoms with Crippen molar-refractivity contribution in [1.29, 1.82) is 0 Å². The summed E-state index contributed by atoms with van der Waals surface area (Å²) in [5.41, 5.74) is 2.05. The second-order valence-corrected chi connectivity index (χ2v) is 7.09. The maximum absolute atomic E-state index is 5.94.